The van der Waals surface area contributed by atoms with Crippen molar-refractivity contribution in [2.24, 2.45) is 0 Å². The molecule has 1 aromatic carbocycles. The second-order valence-corrected chi connectivity index (χ2v) is 7.49. The number of rotatable bonds is 6. The first kappa shape index (κ1) is 15.9. The summed E-state index contributed by atoms with van der Waals surface area (Å²) in [6.07, 6.45) is 0. The Morgan fingerprint density at radius 1 is 1.29 bits per heavy atom. The van der Waals surface area contributed by atoms with E-state index in [0.29, 0.717) is 18.7 Å². The maximum absolute atomic E-state index is 12.1. The summed E-state index contributed by atoms with van der Waals surface area (Å²) in [7, 11) is 0.435. The van der Waals surface area contributed by atoms with Gasteiger partial charge < -0.3 is 9.80 Å². The number of hydrogen-bond donors (Lipinski definition) is 1. The number of carbonyl (C=O) groups is 1. The van der Waals surface area contributed by atoms with Crippen molar-refractivity contribution in [2.45, 2.75) is 5.25 Å². The lowest BCUT2D eigenvalue weighted by Crippen LogP contribution is -2.59. The average molecular weight is 311 g/mol. The first-order chi connectivity index (χ1) is 9.90. The number of nitrogens with zero attached hydrogens (tertiary/aromatic N) is 2. The van der Waals surface area contributed by atoms with Crippen LogP contribution in [-0.4, -0.2) is 69.6 Å². The van der Waals surface area contributed by atoms with Gasteiger partial charge in [0.05, 0.1) is 0 Å². The van der Waals surface area contributed by atoms with Crippen molar-refractivity contribution in [2.75, 3.05) is 40.3 Å². The molecule has 1 aromatic rings. The summed E-state index contributed by atoms with van der Waals surface area (Å²) in [4.78, 5) is 15.6. The quantitative estimate of drug-likeness (QED) is 0.802. The number of sulfonamides is 1. The van der Waals surface area contributed by atoms with Gasteiger partial charge in [0.1, 0.15) is 5.25 Å². The Hall–Kier alpha value is -1.44. The van der Waals surface area contributed by atoms with Crippen molar-refractivity contribution >= 4 is 15.9 Å². The van der Waals surface area contributed by atoms with Crippen LogP contribution in [0.2, 0.25) is 0 Å². The minimum absolute atomic E-state index is 0.115. The minimum atomic E-state index is -3.34. The standard InChI is InChI=1S/C14H21N3O3S/c1-16(2)9-8-15-21(19,20)13-10-17(11-13)14(18)12-6-4-3-5-7-12/h3-7,13,15H,8-11H2,1-2H3. The van der Waals surface area contributed by atoms with E-state index >= 15 is 0 Å². The molecular weight excluding hydrogens is 290 g/mol. The molecule has 6 nitrogen and oxygen atoms in total. The van der Waals surface area contributed by atoms with Crippen molar-refractivity contribution in [3.63, 3.8) is 0 Å². The van der Waals surface area contributed by atoms with Gasteiger partial charge in [-0.3, -0.25) is 4.79 Å². The van der Waals surface area contributed by atoms with Gasteiger partial charge in [-0.25, -0.2) is 13.1 Å². The molecule has 0 atom stereocenters. The largest absolute Gasteiger partial charge is 0.336 e. The van der Waals surface area contributed by atoms with Crippen molar-refractivity contribution in [1.82, 2.24) is 14.5 Å². The first-order valence-corrected chi connectivity index (χ1v) is 8.42. The number of hydrogen-bond acceptors (Lipinski definition) is 4. The highest BCUT2D eigenvalue weighted by atomic mass is 32.2. The molecule has 116 valence electrons. The van der Waals surface area contributed by atoms with Gasteiger partial charge in [-0.05, 0) is 26.2 Å². The molecule has 0 radical (unpaired) electrons. The number of likely N-dealkylation sites (tertiary alicyclic amines) is 1. The second-order valence-electron chi connectivity index (χ2n) is 5.44. The van der Waals surface area contributed by atoms with E-state index in [0.717, 1.165) is 0 Å². The van der Waals surface area contributed by atoms with Crippen LogP contribution in [0.1, 0.15) is 10.4 Å². The zero-order valence-electron chi connectivity index (χ0n) is 12.3. The van der Waals surface area contributed by atoms with E-state index in [1.54, 1.807) is 29.2 Å². The third-order valence-corrected chi connectivity index (χ3v) is 5.24. The number of benzene rings is 1. The van der Waals surface area contributed by atoms with Gasteiger partial charge in [0, 0.05) is 31.7 Å². The molecule has 1 aliphatic heterocycles. The fraction of sp³-hybridized carbons (Fsp3) is 0.500. The maximum Gasteiger partial charge on any atom is 0.253 e. The Labute approximate surface area is 125 Å². The highest BCUT2D eigenvalue weighted by Crippen LogP contribution is 2.18. The van der Waals surface area contributed by atoms with Gasteiger partial charge in [0.25, 0.3) is 5.91 Å². The Morgan fingerprint density at radius 3 is 2.48 bits per heavy atom. The van der Waals surface area contributed by atoms with Crippen LogP contribution in [0.25, 0.3) is 0 Å². The van der Waals surface area contributed by atoms with E-state index < -0.39 is 15.3 Å². The summed E-state index contributed by atoms with van der Waals surface area (Å²) in [6, 6.07) is 8.90. The summed E-state index contributed by atoms with van der Waals surface area (Å²) in [6.45, 7) is 1.55. The van der Waals surface area contributed by atoms with E-state index in [-0.39, 0.29) is 19.0 Å². The summed E-state index contributed by atoms with van der Waals surface area (Å²) in [5, 5.41) is -0.507. The number of likely N-dealkylation sites (N-methyl/N-ethyl adjacent to an activating group) is 1. The Morgan fingerprint density at radius 2 is 1.90 bits per heavy atom. The molecule has 21 heavy (non-hydrogen) atoms. The van der Waals surface area contributed by atoms with Crippen LogP contribution in [0.15, 0.2) is 30.3 Å². The number of amides is 1. The van der Waals surface area contributed by atoms with Crippen LogP contribution in [0.3, 0.4) is 0 Å². The second kappa shape index (κ2) is 6.55. The monoisotopic (exact) mass is 311 g/mol. The summed E-state index contributed by atoms with van der Waals surface area (Å²) in [5.74, 6) is -0.115. The molecule has 1 amide bonds. The average Bonchev–Trinajstić information content (AvgIpc) is 2.36. The van der Waals surface area contributed by atoms with Crippen molar-refractivity contribution in [1.29, 1.82) is 0 Å². The fourth-order valence-corrected chi connectivity index (χ4v) is 3.46. The zero-order valence-corrected chi connectivity index (χ0v) is 13.1. The van der Waals surface area contributed by atoms with E-state index in [1.165, 1.54) is 0 Å². The lowest BCUT2D eigenvalue weighted by atomic mass is 10.1. The molecule has 0 aromatic heterocycles. The fourth-order valence-electron chi connectivity index (χ4n) is 2.09. The van der Waals surface area contributed by atoms with Crippen LogP contribution in [0.4, 0.5) is 0 Å². The lowest BCUT2D eigenvalue weighted by molar-refractivity contribution is 0.0658. The smallest absolute Gasteiger partial charge is 0.253 e. The summed E-state index contributed by atoms with van der Waals surface area (Å²) < 4.78 is 26.6. The van der Waals surface area contributed by atoms with E-state index in [4.69, 9.17) is 0 Å². The predicted octanol–water partition coefficient (Wildman–Crippen LogP) is -0.00800. The van der Waals surface area contributed by atoms with Crippen molar-refractivity contribution in [3.05, 3.63) is 35.9 Å². The van der Waals surface area contributed by atoms with Gasteiger partial charge in [-0.1, -0.05) is 18.2 Å². The van der Waals surface area contributed by atoms with Crippen molar-refractivity contribution < 1.29 is 13.2 Å². The van der Waals surface area contributed by atoms with Gasteiger partial charge in [0.2, 0.25) is 10.0 Å². The molecule has 0 saturated carbocycles. The summed E-state index contributed by atoms with van der Waals surface area (Å²) >= 11 is 0. The normalized spacial score (nSPS) is 16.0. The Bertz CT molecular complexity index is 581. The third kappa shape index (κ3) is 4.03. The Kier molecular flexibility index (Phi) is 4.97. The highest BCUT2D eigenvalue weighted by Gasteiger charge is 2.39. The van der Waals surface area contributed by atoms with Crippen LogP contribution < -0.4 is 4.72 Å². The molecule has 0 aliphatic carbocycles. The van der Waals surface area contributed by atoms with Gasteiger partial charge in [0.15, 0.2) is 0 Å². The number of nitrogens with one attached hydrogen (secondary N) is 1. The topological polar surface area (TPSA) is 69.7 Å². The van der Waals surface area contributed by atoms with Crippen LogP contribution in [-0.2, 0) is 10.0 Å². The predicted molar refractivity (Wildman–Crippen MR) is 81.6 cm³/mol. The van der Waals surface area contributed by atoms with Crippen LogP contribution in [0, 0.1) is 0 Å². The molecule has 1 heterocycles. The number of carbonyl (C=O) groups excluding carboxylic acids is 1. The minimum Gasteiger partial charge on any atom is -0.336 e. The molecule has 0 bridgehead atoms. The molecule has 1 aliphatic rings. The summed E-state index contributed by atoms with van der Waals surface area (Å²) in [5.41, 5.74) is 0.592. The van der Waals surface area contributed by atoms with Crippen molar-refractivity contribution in [3.8, 4) is 0 Å². The highest BCUT2D eigenvalue weighted by molar-refractivity contribution is 7.90. The Balaban J connectivity index is 1.84. The molecule has 1 N–H and O–H groups in total. The van der Waals surface area contributed by atoms with E-state index in [1.807, 2.05) is 25.1 Å². The van der Waals surface area contributed by atoms with Gasteiger partial charge >= 0.3 is 0 Å². The van der Waals surface area contributed by atoms with E-state index in [9.17, 15) is 13.2 Å². The van der Waals surface area contributed by atoms with E-state index in [2.05, 4.69) is 4.72 Å². The first-order valence-electron chi connectivity index (χ1n) is 6.87. The zero-order chi connectivity index (χ0) is 15.5. The third-order valence-electron chi connectivity index (χ3n) is 3.46. The molecule has 2 rings (SSSR count). The molecule has 0 unspecified atom stereocenters. The lowest BCUT2D eigenvalue weighted by Gasteiger charge is -2.38. The van der Waals surface area contributed by atoms with Gasteiger partial charge in [-0.15, -0.1) is 0 Å². The maximum atomic E-state index is 12.1. The SMILES string of the molecule is CN(C)CCNS(=O)(=O)C1CN(C(=O)c2ccccc2)C1. The van der Waals surface area contributed by atoms with Crippen LogP contribution >= 0.6 is 0 Å². The van der Waals surface area contributed by atoms with Gasteiger partial charge in [-0.2, -0.15) is 0 Å². The molecule has 7 heteroatoms. The molecular formula is C14H21N3O3S. The van der Waals surface area contributed by atoms with Crippen LogP contribution in [0.5, 0.6) is 0 Å². The molecule has 1 saturated heterocycles. The molecule has 0 spiro atoms. The molecule has 1 fully saturated rings.